The topological polar surface area (TPSA) is 51.2 Å². The number of nitrogens with zero attached hydrogens (tertiary/aromatic N) is 1. The maximum absolute atomic E-state index is 12.8. The number of aromatic nitrogens is 1. The lowest BCUT2D eigenvalue weighted by molar-refractivity contribution is 0.103. The zero-order valence-electron chi connectivity index (χ0n) is 14.8. The quantitative estimate of drug-likeness (QED) is 0.506. The lowest BCUT2D eigenvalue weighted by atomic mass is 10.1. The van der Waals surface area contributed by atoms with Crippen molar-refractivity contribution in [1.29, 1.82) is 0 Å². The standard InChI is InChI=1S/C22H18N2O2S/c1-15-21(27-20(23-15)14-26-17-10-3-2-4-11-17)22(25)24-19-13-7-9-16-8-5-6-12-18(16)19/h2-13H,14H2,1H3,(H,24,25). The Labute approximate surface area is 161 Å². The van der Waals surface area contributed by atoms with Gasteiger partial charge in [-0.25, -0.2) is 4.98 Å². The number of anilines is 1. The molecule has 0 saturated carbocycles. The van der Waals surface area contributed by atoms with Gasteiger partial charge in [-0.15, -0.1) is 11.3 Å². The number of carbonyl (C=O) groups excluding carboxylic acids is 1. The summed E-state index contributed by atoms with van der Waals surface area (Å²) in [6, 6.07) is 23.5. The molecule has 0 aliphatic rings. The lowest BCUT2D eigenvalue weighted by Gasteiger charge is -2.08. The van der Waals surface area contributed by atoms with Gasteiger partial charge in [0, 0.05) is 11.1 Å². The normalized spacial score (nSPS) is 10.7. The molecule has 3 aromatic carbocycles. The van der Waals surface area contributed by atoms with Gasteiger partial charge in [-0.2, -0.15) is 0 Å². The first-order chi connectivity index (χ1) is 13.2. The number of para-hydroxylation sites is 1. The largest absolute Gasteiger partial charge is 0.486 e. The Balaban J connectivity index is 1.51. The molecule has 1 aromatic heterocycles. The van der Waals surface area contributed by atoms with Gasteiger partial charge in [0.05, 0.1) is 5.69 Å². The van der Waals surface area contributed by atoms with Crippen LogP contribution in [0.2, 0.25) is 0 Å². The molecule has 0 unspecified atom stereocenters. The average molecular weight is 374 g/mol. The van der Waals surface area contributed by atoms with Crippen molar-refractivity contribution in [2.75, 3.05) is 5.32 Å². The van der Waals surface area contributed by atoms with Crippen LogP contribution in [0.15, 0.2) is 72.8 Å². The number of amides is 1. The van der Waals surface area contributed by atoms with E-state index in [2.05, 4.69) is 10.3 Å². The van der Waals surface area contributed by atoms with E-state index in [4.69, 9.17) is 4.74 Å². The molecule has 5 heteroatoms. The highest BCUT2D eigenvalue weighted by atomic mass is 32.1. The van der Waals surface area contributed by atoms with Crippen molar-refractivity contribution in [3.05, 3.63) is 88.4 Å². The third kappa shape index (κ3) is 3.83. The van der Waals surface area contributed by atoms with E-state index in [0.717, 1.165) is 27.2 Å². The molecule has 4 rings (SSSR count). The number of aryl methyl sites for hydroxylation is 1. The summed E-state index contributed by atoms with van der Waals surface area (Å²) in [5.74, 6) is 0.638. The van der Waals surface area contributed by atoms with E-state index in [1.807, 2.05) is 79.7 Å². The van der Waals surface area contributed by atoms with Gasteiger partial charge in [0.1, 0.15) is 22.2 Å². The molecular weight excluding hydrogens is 356 g/mol. The van der Waals surface area contributed by atoms with Gasteiger partial charge in [0.25, 0.3) is 5.91 Å². The lowest BCUT2D eigenvalue weighted by Crippen LogP contribution is -2.11. The average Bonchev–Trinajstić information content (AvgIpc) is 3.08. The third-order valence-corrected chi connectivity index (χ3v) is 5.32. The summed E-state index contributed by atoms with van der Waals surface area (Å²) in [5.41, 5.74) is 1.51. The molecule has 0 atom stereocenters. The van der Waals surface area contributed by atoms with E-state index in [-0.39, 0.29) is 5.91 Å². The van der Waals surface area contributed by atoms with Crippen molar-refractivity contribution in [1.82, 2.24) is 4.98 Å². The van der Waals surface area contributed by atoms with Gasteiger partial charge in [0.15, 0.2) is 0 Å². The van der Waals surface area contributed by atoms with Crippen LogP contribution in [0.25, 0.3) is 10.8 Å². The van der Waals surface area contributed by atoms with E-state index in [9.17, 15) is 4.79 Å². The molecule has 4 aromatic rings. The monoisotopic (exact) mass is 374 g/mol. The van der Waals surface area contributed by atoms with Gasteiger partial charge in [-0.3, -0.25) is 4.79 Å². The Hall–Kier alpha value is -3.18. The summed E-state index contributed by atoms with van der Waals surface area (Å²) < 4.78 is 5.73. The van der Waals surface area contributed by atoms with Crippen molar-refractivity contribution >= 4 is 33.7 Å². The smallest absolute Gasteiger partial charge is 0.267 e. The SMILES string of the molecule is Cc1nc(COc2ccccc2)sc1C(=O)Nc1cccc2ccccc12. The summed E-state index contributed by atoms with van der Waals surface area (Å²) in [6.07, 6.45) is 0. The number of thiazole rings is 1. The van der Waals surface area contributed by atoms with E-state index in [1.165, 1.54) is 11.3 Å². The third-order valence-electron chi connectivity index (χ3n) is 4.19. The first-order valence-electron chi connectivity index (χ1n) is 8.64. The molecule has 0 bridgehead atoms. The predicted octanol–water partition coefficient (Wildman–Crippen LogP) is 5.44. The maximum atomic E-state index is 12.8. The number of nitrogens with one attached hydrogen (secondary N) is 1. The van der Waals surface area contributed by atoms with Crippen LogP contribution in [0, 0.1) is 6.92 Å². The summed E-state index contributed by atoms with van der Waals surface area (Å²) >= 11 is 1.36. The number of benzene rings is 3. The highest BCUT2D eigenvalue weighted by Gasteiger charge is 2.16. The van der Waals surface area contributed by atoms with Crippen LogP contribution in [-0.2, 0) is 6.61 Å². The molecule has 134 valence electrons. The number of hydrogen-bond donors (Lipinski definition) is 1. The van der Waals surface area contributed by atoms with Crippen molar-refractivity contribution in [3.8, 4) is 5.75 Å². The van der Waals surface area contributed by atoms with E-state index >= 15 is 0 Å². The zero-order valence-corrected chi connectivity index (χ0v) is 15.6. The summed E-state index contributed by atoms with van der Waals surface area (Å²) in [7, 11) is 0. The van der Waals surface area contributed by atoms with E-state index < -0.39 is 0 Å². The summed E-state index contributed by atoms with van der Waals surface area (Å²) in [6.45, 7) is 2.19. The van der Waals surface area contributed by atoms with E-state index in [0.29, 0.717) is 17.2 Å². The molecule has 1 amide bonds. The molecule has 0 spiro atoms. The van der Waals surface area contributed by atoms with Crippen molar-refractivity contribution in [2.24, 2.45) is 0 Å². The Kier molecular flexibility index (Phi) is 4.85. The van der Waals surface area contributed by atoms with Gasteiger partial charge in [-0.1, -0.05) is 54.6 Å². The molecular formula is C22H18N2O2S. The Morgan fingerprint density at radius 3 is 2.59 bits per heavy atom. The second kappa shape index (κ2) is 7.60. The van der Waals surface area contributed by atoms with Crippen LogP contribution < -0.4 is 10.1 Å². The molecule has 0 aliphatic heterocycles. The first kappa shape index (κ1) is 17.2. The molecule has 0 aliphatic carbocycles. The van der Waals surface area contributed by atoms with Gasteiger partial charge >= 0.3 is 0 Å². The highest BCUT2D eigenvalue weighted by Crippen LogP contribution is 2.26. The number of carbonyl (C=O) groups is 1. The van der Waals surface area contributed by atoms with E-state index in [1.54, 1.807) is 0 Å². The van der Waals surface area contributed by atoms with Gasteiger partial charge in [0.2, 0.25) is 0 Å². The number of hydrogen-bond acceptors (Lipinski definition) is 4. The fourth-order valence-electron chi connectivity index (χ4n) is 2.90. The molecule has 27 heavy (non-hydrogen) atoms. The Bertz CT molecular complexity index is 1080. The zero-order chi connectivity index (χ0) is 18.6. The fraction of sp³-hybridized carbons (Fsp3) is 0.0909. The van der Waals surface area contributed by atoms with Crippen molar-refractivity contribution < 1.29 is 9.53 Å². The van der Waals surface area contributed by atoms with Crippen LogP contribution in [0.3, 0.4) is 0 Å². The van der Waals surface area contributed by atoms with Crippen LogP contribution in [0.5, 0.6) is 5.75 Å². The summed E-state index contributed by atoms with van der Waals surface area (Å²) in [5, 5.41) is 5.90. The molecule has 1 N–H and O–H groups in total. The van der Waals surface area contributed by atoms with Crippen LogP contribution in [0.4, 0.5) is 5.69 Å². The molecule has 0 radical (unpaired) electrons. The molecule has 0 saturated heterocycles. The molecule has 1 heterocycles. The maximum Gasteiger partial charge on any atom is 0.267 e. The highest BCUT2D eigenvalue weighted by molar-refractivity contribution is 7.13. The summed E-state index contributed by atoms with van der Waals surface area (Å²) in [4.78, 5) is 17.9. The van der Waals surface area contributed by atoms with Crippen LogP contribution in [0.1, 0.15) is 20.4 Å². The number of rotatable bonds is 5. The fourth-order valence-corrected chi connectivity index (χ4v) is 3.77. The van der Waals surface area contributed by atoms with Crippen LogP contribution >= 0.6 is 11.3 Å². The molecule has 4 nitrogen and oxygen atoms in total. The van der Waals surface area contributed by atoms with Crippen LogP contribution in [-0.4, -0.2) is 10.9 Å². The van der Waals surface area contributed by atoms with Gasteiger partial charge < -0.3 is 10.1 Å². The Morgan fingerprint density at radius 2 is 1.74 bits per heavy atom. The Morgan fingerprint density at radius 1 is 1.00 bits per heavy atom. The second-order valence-corrected chi connectivity index (χ2v) is 7.19. The van der Waals surface area contributed by atoms with Crippen molar-refractivity contribution in [2.45, 2.75) is 13.5 Å². The number of fused-ring (bicyclic) bond motifs is 1. The predicted molar refractivity (Wildman–Crippen MR) is 110 cm³/mol. The minimum absolute atomic E-state index is 0.146. The van der Waals surface area contributed by atoms with Gasteiger partial charge in [-0.05, 0) is 30.5 Å². The number of ether oxygens (including phenoxy) is 1. The minimum Gasteiger partial charge on any atom is -0.486 e. The van der Waals surface area contributed by atoms with Crippen molar-refractivity contribution in [3.63, 3.8) is 0 Å². The second-order valence-electron chi connectivity index (χ2n) is 6.10. The minimum atomic E-state index is -0.146. The first-order valence-corrected chi connectivity index (χ1v) is 9.45. The molecule has 0 fully saturated rings.